The van der Waals surface area contributed by atoms with Gasteiger partial charge in [0, 0.05) is 31.6 Å². The van der Waals surface area contributed by atoms with Crippen LogP contribution in [0.3, 0.4) is 0 Å². The van der Waals surface area contributed by atoms with Crippen molar-refractivity contribution in [1.82, 2.24) is 14.5 Å². The topological polar surface area (TPSA) is 52.0 Å². The number of aromatic nitrogens is 3. The zero-order chi connectivity index (χ0) is 19.7. The number of hydrogen-bond donors (Lipinski definition) is 1. The molecule has 0 amide bonds. The molecule has 0 saturated carbocycles. The minimum atomic E-state index is 0.203. The van der Waals surface area contributed by atoms with Gasteiger partial charge in [-0.2, -0.15) is 0 Å². The first-order valence-electron chi connectivity index (χ1n) is 9.23. The van der Waals surface area contributed by atoms with Gasteiger partial charge < -0.3 is 14.6 Å². The Morgan fingerprint density at radius 2 is 1.96 bits per heavy atom. The van der Waals surface area contributed by atoms with Gasteiger partial charge in [0.25, 0.3) is 0 Å². The summed E-state index contributed by atoms with van der Waals surface area (Å²) < 4.78 is 7.49. The third-order valence-corrected chi connectivity index (χ3v) is 5.11. The van der Waals surface area contributed by atoms with Crippen molar-refractivity contribution in [3.8, 4) is 11.3 Å². The van der Waals surface area contributed by atoms with Gasteiger partial charge in [-0.1, -0.05) is 25.4 Å². The summed E-state index contributed by atoms with van der Waals surface area (Å²) in [7, 11) is 3.59. The number of anilines is 1. The molecule has 1 N–H and O–H groups in total. The molecule has 0 aromatic carbocycles. The van der Waals surface area contributed by atoms with Crippen molar-refractivity contribution in [2.75, 3.05) is 26.1 Å². The van der Waals surface area contributed by atoms with Gasteiger partial charge >= 0.3 is 0 Å². The highest BCUT2D eigenvalue weighted by Crippen LogP contribution is 2.35. The van der Waals surface area contributed by atoms with Crippen LogP contribution in [-0.2, 0) is 4.74 Å². The highest BCUT2D eigenvalue weighted by molar-refractivity contribution is 6.33. The van der Waals surface area contributed by atoms with Crippen LogP contribution < -0.4 is 5.32 Å². The van der Waals surface area contributed by atoms with Crippen LogP contribution >= 0.6 is 11.6 Å². The van der Waals surface area contributed by atoms with Crippen LogP contribution in [0.1, 0.15) is 44.0 Å². The molecule has 0 saturated heterocycles. The SMILES string of the molecule is CNc1nc(C(C)C)ccc1-c1nc2c(C)cn([C@@H](C)COC)c2cc1Cl. The maximum absolute atomic E-state index is 6.67. The summed E-state index contributed by atoms with van der Waals surface area (Å²) in [4.78, 5) is 9.65. The highest BCUT2D eigenvalue weighted by atomic mass is 35.5. The molecule has 0 aliphatic heterocycles. The van der Waals surface area contributed by atoms with Gasteiger partial charge in [0.15, 0.2) is 0 Å². The van der Waals surface area contributed by atoms with E-state index in [1.165, 1.54) is 0 Å². The van der Waals surface area contributed by atoms with Crippen LogP contribution in [0.15, 0.2) is 24.4 Å². The lowest BCUT2D eigenvalue weighted by atomic mass is 10.1. The number of nitrogens with one attached hydrogen (secondary N) is 1. The number of ether oxygens (including phenoxy) is 1. The molecule has 144 valence electrons. The minimum Gasteiger partial charge on any atom is -0.383 e. The van der Waals surface area contributed by atoms with Crippen LogP contribution in [0.2, 0.25) is 5.02 Å². The number of rotatable bonds is 6. The van der Waals surface area contributed by atoms with Gasteiger partial charge in [-0.25, -0.2) is 9.97 Å². The molecule has 0 aliphatic rings. The Bertz CT molecular complexity index is 964. The summed E-state index contributed by atoms with van der Waals surface area (Å²) in [6.07, 6.45) is 2.11. The first kappa shape index (κ1) is 19.6. The Labute approximate surface area is 165 Å². The van der Waals surface area contributed by atoms with E-state index in [4.69, 9.17) is 26.3 Å². The van der Waals surface area contributed by atoms with Gasteiger partial charge in [-0.15, -0.1) is 0 Å². The maximum Gasteiger partial charge on any atom is 0.135 e. The molecule has 1 atom stereocenters. The van der Waals surface area contributed by atoms with Crippen LogP contribution in [0, 0.1) is 6.92 Å². The maximum atomic E-state index is 6.67. The van der Waals surface area contributed by atoms with Crippen LogP contribution in [0.5, 0.6) is 0 Å². The van der Waals surface area contributed by atoms with E-state index in [0.29, 0.717) is 17.5 Å². The molecule has 0 bridgehead atoms. The summed E-state index contributed by atoms with van der Waals surface area (Å²) >= 11 is 6.67. The van der Waals surface area contributed by atoms with Gasteiger partial charge in [0.1, 0.15) is 5.82 Å². The molecule has 5 nitrogen and oxygen atoms in total. The fourth-order valence-electron chi connectivity index (χ4n) is 3.36. The largest absolute Gasteiger partial charge is 0.383 e. The van der Waals surface area contributed by atoms with E-state index in [1.807, 2.05) is 25.2 Å². The molecule has 3 aromatic rings. The summed E-state index contributed by atoms with van der Waals surface area (Å²) in [5.74, 6) is 1.15. The van der Waals surface area contributed by atoms with Gasteiger partial charge in [0.05, 0.1) is 34.4 Å². The average molecular weight is 387 g/mol. The van der Waals surface area contributed by atoms with Crippen molar-refractivity contribution in [1.29, 1.82) is 0 Å². The molecule has 0 fully saturated rings. The number of halogens is 1. The molecule has 3 heterocycles. The molecule has 0 radical (unpaired) electrons. The number of nitrogens with zero attached hydrogens (tertiary/aromatic N) is 3. The zero-order valence-electron chi connectivity index (χ0n) is 16.8. The normalized spacial score (nSPS) is 12.7. The van der Waals surface area contributed by atoms with E-state index in [9.17, 15) is 0 Å². The van der Waals surface area contributed by atoms with E-state index in [2.05, 4.69) is 43.8 Å². The fraction of sp³-hybridized carbons (Fsp3) is 0.429. The molecule has 0 aliphatic carbocycles. The van der Waals surface area contributed by atoms with Crippen LogP contribution in [-0.4, -0.2) is 35.3 Å². The standard InChI is InChI=1S/C21H27ClN4O/c1-12(2)17-8-7-15(21(23-5)24-17)20-16(22)9-18-19(25-20)13(3)10-26(18)14(4)11-27-6/h7-10,12,14H,11H2,1-6H3,(H,23,24)/t14-/m0/s1. The number of fused-ring (bicyclic) bond motifs is 1. The van der Waals surface area contributed by atoms with E-state index >= 15 is 0 Å². The first-order valence-corrected chi connectivity index (χ1v) is 9.60. The monoisotopic (exact) mass is 386 g/mol. The number of hydrogen-bond acceptors (Lipinski definition) is 4. The molecule has 27 heavy (non-hydrogen) atoms. The second-order valence-corrected chi connectivity index (χ2v) is 7.65. The summed E-state index contributed by atoms with van der Waals surface area (Å²) in [5, 5.41) is 3.80. The van der Waals surface area contributed by atoms with Crippen molar-refractivity contribution in [3.05, 3.63) is 40.7 Å². The summed E-state index contributed by atoms with van der Waals surface area (Å²) in [5.41, 5.74) is 5.78. The quantitative estimate of drug-likeness (QED) is 0.613. The van der Waals surface area contributed by atoms with Crippen molar-refractivity contribution in [2.24, 2.45) is 0 Å². The lowest BCUT2D eigenvalue weighted by Gasteiger charge is -2.15. The minimum absolute atomic E-state index is 0.203. The number of methoxy groups -OCH3 is 1. The lowest BCUT2D eigenvalue weighted by molar-refractivity contribution is 0.164. The van der Waals surface area contributed by atoms with Crippen LogP contribution in [0.25, 0.3) is 22.3 Å². The Balaban J connectivity index is 2.17. The van der Waals surface area contributed by atoms with Gasteiger partial charge in [-0.3, -0.25) is 0 Å². The second-order valence-electron chi connectivity index (χ2n) is 7.25. The molecule has 0 spiro atoms. The molecule has 6 heteroatoms. The van der Waals surface area contributed by atoms with Crippen LogP contribution in [0.4, 0.5) is 5.82 Å². The van der Waals surface area contributed by atoms with Crippen molar-refractivity contribution >= 4 is 28.5 Å². The Morgan fingerprint density at radius 3 is 2.59 bits per heavy atom. The predicted molar refractivity (Wildman–Crippen MR) is 113 cm³/mol. The average Bonchev–Trinajstić information content (AvgIpc) is 2.96. The van der Waals surface area contributed by atoms with Gasteiger partial charge in [-0.05, 0) is 43.5 Å². The van der Waals surface area contributed by atoms with E-state index in [-0.39, 0.29) is 6.04 Å². The Morgan fingerprint density at radius 1 is 1.22 bits per heavy atom. The summed E-state index contributed by atoms with van der Waals surface area (Å²) in [6, 6.07) is 6.29. The highest BCUT2D eigenvalue weighted by Gasteiger charge is 2.18. The molecule has 3 rings (SSSR count). The molecule has 3 aromatic heterocycles. The van der Waals surface area contributed by atoms with Crippen molar-refractivity contribution in [3.63, 3.8) is 0 Å². The molecular weight excluding hydrogens is 360 g/mol. The van der Waals surface area contributed by atoms with E-state index in [0.717, 1.165) is 39.4 Å². The second kappa shape index (κ2) is 7.87. The third kappa shape index (κ3) is 3.66. The van der Waals surface area contributed by atoms with Gasteiger partial charge in [0.2, 0.25) is 0 Å². The van der Waals surface area contributed by atoms with Crippen molar-refractivity contribution < 1.29 is 4.74 Å². The summed E-state index contributed by atoms with van der Waals surface area (Å²) in [6.45, 7) is 9.09. The van der Waals surface area contributed by atoms with E-state index < -0.39 is 0 Å². The van der Waals surface area contributed by atoms with Crippen molar-refractivity contribution in [2.45, 2.75) is 39.7 Å². The lowest BCUT2D eigenvalue weighted by Crippen LogP contribution is -2.09. The van der Waals surface area contributed by atoms with E-state index in [1.54, 1.807) is 7.11 Å². The molecular formula is C21H27ClN4O. The Kier molecular flexibility index (Phi) is 5.72. The smallest absolute Gasteiger partial charge is 0.135 e. The third-order valence-electron chi connectivity index (χ3n) is 4.82. The number of aryl methyl sites for hydroxylation is 1. The predicted octanol–water partition coefficient (Wildman–Crippen LogP) is 5.43. The zero-order valence-corrected chi connectivity index (χ0v) is 17.6. The Hall–Kier alpha value is -2.11. The first-order chi connectivity index (χ1) is 12.9. The number of pyridine rings is 2. The molecule has 0 unspecified atom stereocenters. The fourth-order valence-corrected chi connectivity index (χ4v) is 3.61.